The molecule has 1 aliphatic heterocycles. The van der Waals surface area contributed by atoms with Crippen LogP contribution < -0.4 is 27.1 Å². The molecule has 0 saturated heterocycles. The highest BCUT2D eigenvalue weighted by Crippen LogP contribution is 2.39. The number of rotatable bonds is 3. The lowest BCUT2D eigenvalue weighted by atomic mass is 9.95. The Morgan fingerprint density at radius 1 is 1.09 bits per heavy atom. The van der Waals surface area contributed by atoms with Crippen LogP contribution in [0.15, 0.2) is 42.1 Å². The molecule has 2 aromatic rings. The molecule has 0 unspecified atom stereocenters. The zero-order valence-corrected chi connectivity index (χ0v) is 12.9. The third kappa shape index (κ3) is 2.44. The van der Waals surface area contributed by atoms with Crippen molar-refractivity contribution in [3.63, 3.8) is 0 Å². The van der Waals surface area contributed by atoms with E-state index < -0.39 is 5.91 Å². The second kappa shape index (κ2) is 5.57. The van der Waals surface area contributed by atoms with Crippen LogP contribution in [-0.4, -0.2) is 13.0 Å². The fourth-order valence-corrected chi connectivity index (χ4v) is 2.69. The van der Waals surface area contributed by atoms with E-state index in [1.807, 2.05) is 43.3 Å². The number of hydrogen-bond acceptors (Lipinski definition) is 5. The Morgan fingerprint density at radius 3 is 2.52 bits per heavy atom. The third-order valence-corrected chi connectivity index (χ3v) is 3.83. The number of nitrogens with two attached hydrogens (primary N) is 2. The Balaban J connectivity index is 2.23. The average molecular weight is 310 g/mol. The van der Waals surface area contributed by atoms with E-state index in [1.165, 1.54) is 0 Å². The van der Waals surface area contributed by atoms with Gasteiger partial charge in [-0.1, -0.05) is 29.8 Å². The highest BCUT2D eigenvalue weighted by atomic mass is 16.5. The predicted octanol–water partition coefficient (Wildman–Crippen LogP) is 1.71. The number of carbonyl (C=O) groups is 1. The Hall–Kier alpha value is -3.15. The predicted molar refractivity (Wildman–Crippen MR) is 90.2 cm³/mol. The van der Waals surface area contributed by atoms with Crippen molar-refractivity contribution in [3.8, 4) is 16.9 Å². The molecule has 6 nitrogen and oxygen atoms in total. The molecular weight excluding hydrogens is 292 g/mol. The molecule has 3 rings (SSSR count). The van der Waals surface area contributed by atoms with E-state index in [9.17, 15) is 4.79 Å². The summed E-state index contributed by atoms with van der Waals surface area (Å²) in [5, 5.41) is 0. The van der Waals surface area contributed by atoms with Gasteiger partial charge in [-0.25, -0.2) is 0 Å². The number of anilines is 1. The van der Waals surface area contributed by atoms with Gasteiger partial charge in [0, 0.05) is 16.7 Å². The second-order valence-electron chi connectivity index (χ2n) is 5.33. The van der Waals surface area contributed by atoms with Crippen molar-refractivity contribution in [1.29, 1.82) is 0 Å². The second-order valence-corrected chi connectivity index (χ2v) is 5.33. The van der Waals surface area contributed by atoms with Crippen molar-refractivity contribution in [1.82, 2.24) is 5.43 Å². The summed E-state index contributed by atoms with van der Waals surface area (Å²) in [5.74, 6) is 0.147. The molecular formula is C17H18N4O2. The van der Waals surface area contributed by atoms with Crippen molar-refractivity contribution in [2.45, 2.75) is 6.92 Å². The molecule has 118 valence electrons. The molecule has 23 heavy (non-hydrogen) atoms. The van der Waals surface area contributed by atoms with Gasteiger partial charge >= 0.3 is 0 Å². The first kappa shape index (κ1) is 14.8. The van der Waals surface area contributed by atoms with Gasteiger partial charge in [0.05, 0.1) is 18.5 Å². The lowest BCUT2D eigenvalue weighted by molar-refractivity contribution is -0.114. The number of fused-ring (bicyclic) bond motifs is 1. The number of benzene rings is 2. The van der Waals surface area contributed by atoms with Crippen molar-refractivity contribution in [3.05, 3.63) is 53.2 Å². The van der Waals surface area contributed by atoms with Crippen LogP contribution in [0.4, 0.5) is 5.69 Å². The maximum atomic E-state index is 11.4. The molecule has 6 N–H and O–H groups in total. The molecule has 0 atom stereocenters. The minimum absolute atomic E-state index is 0.158. The number of primary amides is 1. The Kier molecular flexibility index (Phi) is 3.57. The van der Waals surface area contributed by atoms with Gasteiger partial charge in [0.1, 0.15) is 11.4 Å². The van der Waals surface area contributed by atoms with Gasteiger partial charge in [-0.2, -0.15) is 0 Å². The van der Waals surface area contributed by atoms with Crippen LogP contribution in [0.2, 0.25) is 0 Å². The lowest BCUT2D eigenvalue weighted by Crippen LogP contribution is -2.36. The van der Waals surface area contributed by atoms with Crippen LogP contribution in [-0.2, 0) is 4.79 Å². The van der Waals surface area contributed by atoms with Gasteiger partial charge in [0.25, 0.3) is 5.91 Å². The Labute approximate surface area is 134 Å². The molecule has 0 spiro atoms. The van der Waals surface area contributed by atoms with E-state index in [0.29, 0.717) is 5.70 Å². The number of hydrazine groups is 1. The first-order valence-corrected chi connectivity index (χ1v) is 7.13. The molecule has 1 heterocycles. The summed E-state index contributed by atoms with van der Waals surface area (Å²) < 4.78 is 5.47. The number of hydrogen-bond donors (Lipinski definition) is 4. The molecule has 6 heteroatoms. The quantitative estimate of drug-likeness (QED) is 0.691. The van der Waals surface area contributed by atoms with Gasteiger partial charge in [0.15, 0.2) is 0 Å². The molecule has 1 aliphatic rings. The van der Waals surface area contributed by atoms with Crippen LogP contribution in [0.3, 0.4) is 0 Å². The van der Waals surface area contributed by atoms with E-state index in [0.717, 1.165) is 33.7 Å². The first-order valence-electron chi connectivity index (χ1n) is 7.13. The van der Waals surface area contributed by atoms with Crippen molar-refractivity contribution < 1.29 is 9.53 Å². The van der Waals surface area contributed by atoms with Crippen LogP contribution >= 0.6 is 0 Å². The number of amides is 1. The van der Waals surface area contributed by atoms with Gasteiger partial charge in [-0.05, 0) is 19.1 Å². The first-order chi connectivity index (χ1) is 11.0. The number of aryl methyl sites for hydroxylation is 1. The van der Waals surface area contributed by atoms with E-state index >= 15 is 0 Å². The van der Waals surface area contributed by atoms with Crippen molar-refractivity contribution in [2.24, 2.45) is 11.5 Å². The van der Waals surface area contributed by atoms with E-state index in [2.05, 4.69) is 10.9 Å². The average Bonchev–Trinajstić information content (AvgIpc) is 2.54. The summed E-state index contributed by atoms with van der Waals surface area (Å²) in [7, 11) is 1.63. The molecule has 0 saturated carbocycles. The summed E-state index contributed by atoms with van der Waals surface area (Å²) in [4.78, 5) is 11.4. The summed E-state index contributed by atoms with van der Waals surface area (Å²) >= 11 is 0. The van der Waals surface area contributed by atoms with Crippen molar-refractivity contribution in [2.75, 3.05) is 12.5 Å². The van der Waals surface area contributed by atoms with E-state index in [4.69, 9.17) is 16.2 Å². The van der Waals surface area contributed by atoms with Crippen LogP contribution in [0.5, 0.6) is 5.75 Å². The van der Waals surface area contributed by atoms with Gasteiger partial charge in [0.2, 0.25) is 0 Å². The van der Waals surface area contributed by atoms with Gasteiger partial charge in [-0.15, -0.1) is 0 Å². The smallest absolute Gasteiger partial charge is 0.268 e. The number of nitrogens with one attached hydrogen (secondary N) is 2. The lowest BCUT2D eigenvalue weighted by Gasteiger charge is -2.25. The number of ether oxygens (including phenoxy) is 1. The molecule has 1 amide bonds. The highest BCUT2D eigenvalue weighted by Gasteiger charge is 2.23. The standard InChI is InChI=1S/C17H18N4O2/c1-9-6-7-13(23-2)12(8-9)10-4-3-5-11-14(18)16(17(19)22)21-20-15(10)11/h3-8,20-21H,18H2,1-2H3,(H2,19,22). The molecule has 0 aromatic heterocycles. The SMILES string of the molecule is COc1ccc(C)cc1-c1cccc2c1NNC(C(N)=O)=C2N. The number of carbonyl (C=O) groups excluding carboxylic acids is 1. The maximum Gasteiger partial charge on any atom is 0.268 e. The summed E-state index contributed by atoms with van der Waals surface area (Å²) in [5.41, 5.74) is 22.2. The zero-order chi connectivity index (χ0) is 16.6. The molecule has 0 radical (unpaired) electrons. The largest absolute Gasteiger partial charge is 0.496 e. The van der Waals surface area contributed by atoms with E-state index in [1.54, 1.807) is 7.11 Å². The summed E-state index contributed by atoms with van der Waals surface area (Å²) in [6.07, 6.45) is 0. The Bertz CT molecular complexity index is 827. The van der Waals surface area contributed by atoms with Crippen molar-refractivity contribution >= 4 is 17.3 Å². The highest BCUT2D eigenvalue weighted by molar-refractivity contribution is 6.03. The normalized spacial score (nSPS) is 13.0. The van der Waals surface area contributed by atoms with Crippen LogP contribution in [0, 0.1) is 6.92 Å². The van der Waals surface area contributed by atoms with E-state index in [-0.39, 0.29) is 5.70 Å². The molecule has 0 bridgehead atoms. The fraction of sp³-hybridized carbons (Fsp3) is 0.118. The van der Waals surface area contributed by atoms with Crippen LogP contribution in [0.25, 0.3) is 16.8 Å². The topological polar surface area (TPSA) is 102 Å². The molecule has 0 fully saturated rings. The summed E-state index contributed by atoms with van der Waals surface area (Å²) in [6.45, 7) is 2.02. The third-order valence-electron chi connectivity index (χ3n) is 3.83. The maximum absolute atomic E-state index is 11.4. The monoisotopic (exact) mass is 310 g/mol. The van der Waals surface area contributed by atoms with Crippen LogP contribution in [0.1, 0.15) is 11.1 Å². The number of para-hydroxylation sites is 1. The van der Waals surface area contributed by atoms with Gasteiger partial charge < -0.3 is 16.2 Å². The van der Waals surface area contributed by atoms with Gasteiger partial charge in [-0.3, -0.25) is 15.6 Å². The number of methoxy groups -OCH3 is 1. The minimum Gasteiger partial charge on any atom is -0.496 e. The fourth-order valence-electron chi connectivity index (χ4n) is 2.69. The zero-order valence-electron chi connectivity index (χ0n) is 12.9. The molecule has 0 aliphatic carbocycles. The summed E-state index contributed by atoms with van der Waals surface area (Å²) in [6, 6.07) is 11.6. The minimum atomic E-state index is -0.612. The Morgan fingerprint density at radius 2 is 1.83 bits per heavy atom. The molecule has 2 aromatic carbocycles.